The maximum absolute atomic E-state index is 12.0. The summed E-state index contributed by atoms with van der Waals surface area (Å²) in [5.74, 6) is 1.16. The summed E-state index contributed by atoms with van der Waals surface area (Å²) in [5, 5.41) is 3.42. The summed E-state index contributed by atoms with van der Waals surface area (Å²) >= 11 is 0. The summed E-state index contributed by atoms with van der Waals surface area (Å²) in [6.45, 7) is 4.75. The molecule has 3 heteroatoms. The van der Waals surface area contributed by atoms with Gasteiger partial charge in [-0.05, 0) is 31.6 Å². The third-order valence-electron chi connectivity index (χ3n) is 4.06. The van der Waals surface area contributed by atoms with Gasteiger partial charge in [-0.3, -0.25) is 4.79 Å². The fourth-order valence-corrected chi connectivity index (χ4v) is 2.84. The predicted octanol–water partition coefficient (Wildman–Crippen LogP) is 2.17. The highest BCUT2D eigenvalue weighted by molar-refractivity contribution is 5.78. The minimum Gasteiger partial charge on any atom is -0.342 e. The van der Waals surface area contributed by atoms with Crippen molar-refractivity contribution in [2.75, 3.05) is 19.6 Å². The van der Waals surface area contributed by atoms with E-state index in [0.717, 1.165) is 19.0 Å². The SMILES string of the molecule is CCCC1CC1NCC(=O)N1CCCCCC1. The van der Waals surface area contributed by atoms with Gasteiger partial charge in [-0.2, -0.15) is 0 Å². The topological polar surface area (TPSA) is 32.3 Å². The van der Waals surface area contributed by atoms with Gasteiger partial charge in [0.2, 0.25) is 5.91 Å². The Kier molecular flexibility index (Phi) is 4.84. The zero-order valence-corrected chi connectivity index (χ0v) is 11.1. The lowest BCUT2D eigenvalue weighted by Crippen LogP contribution is -2.39. The molecule has 0 aromatic heterocycles. The van der Waals surface area contributed by atoms with Crippen molar-refractivity contribution in [2.24, 2.45) is 5.92 Å². The molecule has 2 rings (SSSR count). The van der Waals surface area contributed by atoms with Gasteiger partial charge < -0.3 is 10.2 Å². The van der Waals surface area contributed by atoms with Crippen LogP contribution in [-0.4, -0.2) is 36.5 Å². The van der Waals surface area contributed by atoms with E-state index in [1.54, 1.807) is 0 Å². The summed E-state index contributed by atoms with van der Waals surface area (Å²) in [4.78, 5) is 14.1. The van der Waals surface area contributed by atoms with Gasteiger partial charge in [-0.15, -0.1) is 0 Å². The van der Waals surface area contributed by atoms with E-state index < -0.39 is 0 Å². The van der Waals surface area contributed by atoms with Crippen molar-refractivity contribution in [3.05, 3.63) is 0 Å². The second-order valence-corrected chi connectivity index (χ2v) is 5.57. The van der Waals surface area contributed by atoms with E-state index in [1.807, 2.05) is 0 Å². The zero-order valence-electron chi connectivity index (χ0n) is 11.1. The molecule has 3 nitrogen and oxygen atoms in total. The number of amides is 1. The molecule has 2 atom stereocenters. The monoisotopic (exact) mass is 238 g/mol. The van der Waals surface area contributed by atoms with Crippen LogP contribution < -0.4 is 5.32 Å². The third-order valence-corrected chi connectivity index (χ3v) is 4.06. The first kappa shape index (κ1) is 12.9. The number of likely N-dealkylation sites (tertiary alicyclic amines) is 1. The molecule has 2 fully saturated rings. The number of nitrogens with zero attached hydrogens (tertiary/aromatic N) is 1. The van der Waals surface area contributed by atoms with E-state index in [1.165, 1.54) is 44.9 Å². The van der Waals surface area contributed by atoms with Crippen LogP contribution >= 0.6 is 0 Å². The van der Waals surface area contributed by atoms with Gasteiger partial charge in [-0.1, -0.05) is 26.2 Å². The number of nitrogens with one attached hydrogen (secondary N) is 1. The van der Waals surface area contributed by atoms with Gasteiger partial charge in [0.25, 0.3) is 0 Å². The third kappa shape index (κ3) is 3.98. The van der Waals surface area contributed by atoms with Crippen LogP contribution in [0.2, 0.25) is 0 Å². The lowest BCUT2D eigenvalue weighted by molar-refractivity contribution is -0.130. The van der Waals surface area contributed by atoms with E-state index in [2.05, 4.69) is 17.1 Å². The van der Waals surface area contributed by atoms with Crippen molar-refractivity contribution in [3.63, 3.8) is 0 Å². The Labute approximate surface area is 105 Å². The second kappa shape index (κ2) is 6.39. The Morgan fingerprint density at radius 3 is 2.59 bits per heavy atom. The standard InChI is InChI=1S/C14H26N2O/c1-2-7-12-10-13(12)15-11-14(17)16-8-5-3-4-6-9-16/h12-13,15H,2-11H2,1H3. The zero-order chi connectivity index (χ0) is 12.1. The molecule has 1 heterocycles. The van der Waals surface area contributed by atoms with Crippen LogP contribution in [0.1, 0.15) is 51.9 Å². The van der Waals surface area contributed by atoms with Crippen molar-refractivity contribution < 1.29 is 4.79 Å². The van der Waals surface area contributed by atoms with Crippen molar-refractivity contribution in [2.45, 2.75) is 57.9 Å². The van der Waals surface area contributed by atoms with Gasteiger partial charge in [0.15, 0.2) is 0 Å². The molecule has 1 N–H and O–H groups in total. The lowest BCUT2D eigenvalue weighted by atomic mass is 10.2. The fraction of sp³-hybridized carbons (Fsp3) is 0.929. The number of hydrogen-bond acceptors (Lipinski definition) is 2. The molecule has 2 unspecified atom stereocenters. The molecule has 1 aliphatic heterocycles. The first-order chi connectivity index (χ1) is 8.31. The van der Waals surface area contributed by atoms with Gasteiger partial charge in [0.05, 0.1) is 6.54 Å². The first-order valence-electron chi connectivity index (χ1n) is 7.32. The Hall–Kier alpha value is -0.570. The predicted molar refractivity (Wildman–Crippen MR) is 69.9 cm³/mol. The fourth-order valence-electron chi connectivity index (χ4n) is 2.84. The Balaban J connectivity index is 1.63. The molecule has 98 valence electrons. The minimum absolute atomic E-state index is 0.314. The average Bonchev–Trinajstić information content (AvgIpc) is 3.09. The largest absolute Gasteiger partial charge is 0.342 e. The highest BCUT2D eigenvalue weighted by Gasteiger charge is 2.35. The van der Waals surface area contributed by atoms with Crippen LogP contribution in [0.5, 0.6) is 0 Å². The lowest BCUT2D eigenvalue weighted by Gasteiger charge is -2.20. The van der Waals surface area contributed by atoms with Gasteiger partial charge >= 0.3 is 0 Å². The molecule has 1 amide bonds. The summed E-state index contributed by atoms with van der Waals surface area (Å²) in [7, 11) is 0. The first-order valence-corrected chi connectivity index (χ1v) is 7.32. The Morgan fingerprint density at radius 2 is 1.94 bits per heavy atom. The molecule has 0 aromatic rings. The number of carbonyl (C=O) groups is 1. The van der Waals surface area contributed by atoms with Crippen molar-refractivity contribution in [3.8, 4) is 0 Å². The Morgan fingerprint density at radius 1 is 1.24 bits per heavy atom. The van der Waals surface area contributed by atoms with Crippen LogP contribution in [0, 0.1) is 5.92 Å². The van der Waals surface area contributed by atoms with Crippen molar-refractivity contribution >= 4 is 5.91 Å². The highest BCUT2D eigenvalue weighted by atomic mass is 16.2. The molecule has 2 aliphatic rings. The summed E-state index contributed by atoms with van der Waals surface area (Å²) in [6.07, 6.45) is 8.82. The van der Waals surface area contributed by atoms with Crippen molar-refractivity contribution in [1.29, 1.82) is 0 Å². The molecule has 0 spiro atoms. The molecule has 17 heavy (non-hydrogen) atoms. The maximum Gasteiger partial charge on any atom is 0.236 e. The molecule has 1 saturated carbocycles. The summed E-state index contributed by atoms with van der Waals surface area (Å²) in [5.41, 5.74) is 0. The Bertz CT molecular complexity index is 247. The van der Waals surface area contributed by atoms with E-state index in [0.29, 0.717) is 18.5 Å². The van der Waals surface area contributed by atoms with E-state index in [-0.39, 0.29) is 0 Å². The smallest absolute Gasteiger partial charge is 0.236 e. The van der Waals surface area contributed by atoms with Crippen LogP contribution in [0.4, 0.5) is 0 Å². The molecular formula is C14H26N2O. The molecule has 0 bridgehead atoms. The van der Waals surface area contributed by atoms with Gasteiger partial charge in [0.1, 0.15) is 0 Å². The number of rotatable bonds is 5. The molecule has 0 radical (unpaired) electrons. The summed E-state index contributed by atoms with van der Waals surface area (Å²) < 4.78 is 0. The average molecular weight is 238 g/mol. The quantitative estimate of drug-likeness (QED) is 0.796. The van der Waals surface area contributed by atoms with Gasteiger partial charge in [-0.25, -0.2) is 0 Å². The van der Waals surface area contributed by atoms with Gasteiger partial charge in [0, 0.05) is 19.1 Å². The molecular weight excluding hydrogens is 212 g/mol. The minimum atomic E-state index is 0.314. The van der Waals surface area contributed by atoms with Crippen LogP contribution in [0.3, 0.4) is 0 Å². The van der Waals surface area contributed by atoms with E-state index in [9.17, 15) is 4.79 Å². The second-order valence-electron chi connectivity index (χ2n) is 5.57. The highest BCUT2D eigenvalue weighted by Crippen LogP contribution is 2.34. The molecule has 1 aliphatic carbocycles. The van der Waals surface area contributed by atoms with E-state index >= 15 is 0 Å². The maximum atomic E-state index is 12.0. The molecule has 0 aromatic carbocycles. The van der Waals surface area contributed by atoms with Crippen LogP contribution in [0.25, 0.3) is 0 Å². The summed E-state index contributed by atoms with van der Waals surface area (Å²) in [6, 6.07) is 0.630. The molecule has 1 saturated heterocycles. The van der Waals surface area contributed by atoms with Crippen LogP contribution in [0.15, 0.2) is 0 Å². The number of carbonyl (C=O) groups excluding carboxylic acids is 1. The van der Waals surface area contributed by atoms with Crippen molar-refractivity contribution in [1.82, 2.24) is 10.2 Å². The normalized spacial score (nSPS) is 28.9. The van der Waals surface area contributed by atoms with E-state index in [4.69, 9.17) is 0 Å². The number of hydrogen-bond donors (Lipinski definition) is 1. The van der Waals surface area contributed by atoms with Crippen LogP contribution in [-0.2, 0) is 4.79 Å².